The molecule has 1 aliphatic rings. The molecule has 70 valence electrons. The molecule has 1 aromatic heterocycles. The van der Waals surface area contributed by atoms with Gasteiger partial charge in [0.1, 0.15) is 0 Å². The van der Waals surface area contributed by atoms with E-state index in [1.54, 1.807) is 0 Å². The van der Waals surface area contributed by atoms with Crippen molar-refractivity contribution < 1.29 is 4.68 Å². The van der Waals surface area contributed by atoms with Crippen LogP contribution in [0, 0.1) is 6.92 Å². The molecule has 0 amide bonds. The van der Waals surface area contributed by atoms with Crippen molar-refractivity contribution in [1.82, 2.24) is 4.68 Å². The number of fused-ring (bicyclic) bond motifs is 3. The fraction of sp³-hybridized carbons (Fsp3) is 0.250. The quantitative estimate of drug-likeness (QED) is 0.469. The Hall–Kier alpha value is -1.57. The third kappa shape index (κ3) is 0.830. The predicted molar refractivity (Wildman–Crippen MR) is 54.5 cm³/mol. The monoisotopic (exact) mass is 185 g/mol. The lowest BCUT2D eigenvalue weighted by atomic mass is 10.1. The van der Waals surface area contributed by atoms with Gasteiger partial charge in [-0.25, -0.2) is 0 Å². The van der Waals surface area contributed by atoms with Crippen molar-refractivity contribution in [3.05, 3.63) is 47.3 Å². The van der Waals surface area contributed by atoms with Crippen molar-refractivity contribution in [3.63, 3.8) is 0 Å². The van der Waals surface area contributed by atoms with Crippen LogP contribution < -0.4 is 4.68 Å². The Labute approximate surface area is 83.4 Å². The molecule has 2 nitrogen and oxygen atoms in total. The molecule has 14 heavy (non-hydrogen) atoms. The van der Waals surface area contributed by atoms with E-state index in [9.17, 15) is 0 Å². The maximum Gasteiger partial charge on any atom is 0.239 e. The maximum atomic E-state index is 2.30. The minimum absolute atomic E-state index is 1.07. The van der Waals surface area contributed by atoms with E-state index >= 15 is 0 Å². The van der Waals surface area contributed by atoms with E-state index in [1.807, 2.05) is 0 Å². The Morgan fingerprint density at radius 2 is 2.07 bits per heavy atom. The SMILES string of the molecule is Cc1cc2[n+](n1C)-c1ccccc1C2. The van der Waals surface area contributed by atoms with Gasteiger partial charge in [0.2, 0.25) is 11.4 Å². The van der Waals surface area contributed by atoms with Crippen LogP contribution in [0.1, 0.15) is 17.0 Å². The Balaban J connectivity index is 2.34. The van der Waals surface area contributed by atoms with Crippen molar-refractivity contribution in [3.8, 4) is 5.69 Å². The molecule has 0 unspecified atom stereocenters. The van der Waals surface area contributed by atoms with Gasteiger partial charge in [-0.1, -0.05) is 22.9 Å². The number of hydrogen-bond donors (Lipinski definition) is 0. The zero-order valence-corrected chi connectivity index (χ0v) is 8.49. The molecule has 1 aromatic carbocycles. The summed E-state index contributed by atoms with van der Waals surface area (Å²) in [6.07, 6.45) is 1.07. The van der Waals surface area contributed by atoms with Crippen LogP contribution in [0.2, 0.25) is 0 Å². The number of nitrogens with zero attached hydrogens (tertiary/aromatic N) is 2. The minimum atomic E-state index is 1.07. The van der Waals surface area contributed by atoms with Gasteiger partial charge >= 0.3 is 0 Å². The highest BCUT2D eigenvalue weighted by molar-refractivity contribution is 5.39. The Bertz CT molecular complexity index is 509. The van der Waals surface area contributed by atoms with E-state index < -0.39 is 0 Å². The summed E-state index contributed by atoms with van der Waals surface area (Å²) in [5.74, 6) is 0. The van der Waals surface area contributed by atoms with Crippen LogP contribution in [0.15, 0.2) is 30.3 Å². The highest BCUT2D eigenvalue weighted by atomic mass is 15.4. The minimum Gasteiger partial charge on any atom is -0.155 e. The van der Waals surface area contributed by atoms with E-state index in [0.717, 1.165) is 6.42 Å². The van der Waals surface area contributed by atoms with Crippen LogP contribution >= 0.6 is 0 Å². The van der Waals surface area contributed by atoms with Crippen LogP contribution in [0.25, 0.3) is 5.69 Å². The van der Waals surface area contributed by atoms with E-state index in [-0.39, 0.29) is 0 Å². The maximum absolute atomic E-state index is 2.30. The lowest BCUT2D eigenvalue weighted by molar-refractivity contribution is -0.684. The van der Waals surface area contributed by atoms with Crippen molar-refractivity contribution in [2.45, 2.75) is 13.3 Å². The average molecular weight is 185 g/mol. The highest BCUT2D eigenvalue weighted by Gasteiger charge is 2.30. The number of aryl methyl sites for hydroxylation is 1. The van der Waals surface area contributed by atoms with Crippen LogP contribution in [-0.2, 0) is 13.5 Å². The summed E-state index contributed by atoms with van der Waals surface area (Å²) in [5.41, 5.74) is 5.47. The topological polar surface area (TPSA) is 8.81 Å². The highest BCUT2D eigenvalue weighted by Crippen LogP contribution is 2.20. The second kappa shape index (κ2) is 2.47. The van der Waals surface area contributed by atoms with Gasteiger partial charge in [-0.15, -0.1) is 0 Å². The molecule has 0 aliphatic carbocycles. The molecule has 2 aromatic rings. The van der Waals surface area contributed by atoms with Crippen molar-refractivity contribution >= 4 is 0 Å². The first kappa shape index (κ1) is 7.80. The van der Waals surface area contributed by atoms with Gasteiger partial charge in [0.25, 0.3) is 0 Å². The van der Waals surface area contributed by atoms with Gasteiger partial charge in [-0.3, -0.25) is 0 Å². The number of rotatable bonds is 0. The van der Waals surface area contributed by atoms with E-state index in [4.69, 9.17) is 0 Å². The Morgan fingerprint density at radius 1 is 1.29 bits per heavy atom. The molecule has 2 heterocycles. The van der Waals surface area contributed by atoms with Gasteiger partial charge in [0, 0.05) is 17.7 Å². The van der Waals surface area contributed by atoms with Crippen molar-refractivity contribution in [2.24, 2.45) is 7.05 Å². The Kier molecular flexibility index (Phi) is 1.38. The summed E-state index contributed by atoms with van der Waals surface area (Å²) in [7, 11) is 2.11. The van der Waals surface area contributed by atoms with Gasteiger partial charge < -0.3 is 0 Å². The third-order valence-corrected chi connectivity index (χ3v) is 3.05. The molecule has 0 fully saturated rings. The molecule has 1 aliphatic heterocycles. The predicted octanol–water partition coefficient (Wildman–Crippen LogP) is 1.51. The zero-order chi connectivity index (χ0) is 9.71. The third-order valence-electron chi connectivity index (χ3n) is 3.05. The fourth-order valence-electron chi connectivity index (χ4n) is 2.25. The molecule has 3 rings (SSSR count). The summed E-state index contributed by atoms with van der Waals surface area (Å²) in [6, 6.07) is 10.9. The smallest absolute Gasteiger partial charge is 0.155 e. The van der Waals surface area contributed by atoms with Gasteiger partial charge in [0.15, 0.2) is 0 Å². The molecule has 0 bridgehead atoms. The molecule has 0 saturated heterocycles. The van der Waals surface area contributed by atoms with E-state index in [2.05, 4.69) is 53.7 Å². The second-order valence-electron chi connectivity index (χ2n) is 3.92. The summed E-state index contributed by atoms with van der Waals surface area (Å²) in [4.78, 5) is 0. The number of para-hydroxylation sites is 1. The normalized spacial score (nSPS) is 12.7. The molecule has 2 heteroatoms. The van der Waals surface area contributed by atoms with E-state index in [1.165, 1.54) is 22.6 Å². The average Bonchev–Trinajstić information content (AvgIpc) is 2.65. The zero-order valence-electron chi connectivity index (χ0n) is 8.49. The van der Waals surface area contributed by atoms with Crippen molar-refractivity contribution in [1.29, 1.82) is 0 Å². The fourth-order valence-corrected chi connectivity index (χ4v) is 2.25. The summed E-state index contributed by atoms with van der Waals surface area (Å²) in [5, 5.41) is 0. The molecule has 0 spiro atoms. The second-order valence-corrected chi connectivity index (χ2v) is 3.92. The van der Waals surface area contributed by atoms with Crippen molar-refractivity contribution in [2.75, 3.05) is 0 Å². The number of aromatic nitrogens is 2. The van der Waals surface area contributed by atoms with Gasteiger partial charge in [-0.2, -0.15) is 4.68 Å². The lowest BCUT2D eigenvalue weighted by Gasteiger charge is -1.96. The summed E-state index contributed by atoms with van der Waals surface area (Å²) in [6.45, 7) is 2.15. The molecule has 0 atom stereocenters. The van der Waals surface area contributed by atoms with E-state index in [0.29, 0.717) is 0 Å². The first-order chi connectivity index (χ1) is 6.77. The first-order valence-corrected chi connectivity index (χ1v) is 4.93. The Morgan fingerprint density at radius 3 is 2.93 bits per heavy atom. The number of hydrogen-bond acceptors (Lipinski definition) is 0. The first-order valence-electron chi connectivity index (χ1n) is 4.93. The van der Waals surface area contributed by atoms with Gasteiger partial charge in [0.05, 0.1) is 19.2 Å². The largest absolute Gasteiger partial charge is 0.239 e. The summed E-state index contributed by atoms with van der Waals surface area (Å²) >= 11 is 0. The molecule has 0 N–H and O–H groups in total. The van der Waals surface area contributed by atoms with Crippen LogP contribution in [0.3, 0.4) is 0 Å². The van der Waals surface area contributed by atoms with Gasteiger partial charge in [-0.05, 0) is 6.92 Å². The number of benzene rings is 1. The molecular weight excluding hydrogens is 172 g/mol. The molecular formula is C12H13N2+. The van der Waals surface area contributed by atoms with Crippen LogP contribution in [0.4, 0.5) is 0 Å². The lowest BCUT2D eigenvalue weighted by Crippen LogP contribution is -2.39. The summed E-state index contributed by atoms with van der Waals surface area (Å²) < 4.78 is 4.51. The standard InChI is InChI=1S/C12H13N2/c1-9-7-11-8-10-5-3-4-6-12(10)14(11)13(9)2/h3-7H,8H2,1-2H3/q+1. The van der Waals surface area contributed by atoms with Crippen LogP contribution in [0.5, 0.6) is 0 Å². The van der Waals surface area contributed by atoms with Crippen LogP contribution in [-0.4, -0.2) is 4.68 Å². The molecule has 0 saturated carbocycles. The molecule has 0 radical (unpaired) electrons.